The summed E-state index contributed by atoms with van der Waals surface area (Å²) >= 11 is 0. The SMILES string of the molecule is O=C(NC(Cc1cnc[nH]1)C(=O)O)c1ccnnc1. The van der Waals surface area contributed by atoms with Crippen molar-refractivity contribution in [2.45, 2.75) is 12.5 Å². The van der Waals surface area contributed by atoms with E-state index < -0.39 is 17.9 Å². The average Bonchev–Trinajstić information content (AvgIpc) is 2.91. The number of rotatable bonds is 5. The van der Waals surface area contributed by atoms with Crippen LogP contribution in [0.25, 0.3) is 0 Å². The molecule has 0 spiro atoms. The van der Waals surface area contributed by atoms with Gasteiger partial charge in [-0.1, -0.05) is 0 Å². The number of imidazole rings is 1. The first-order chi connectivity index (χ1) is 9.16. The van der Waals surface area contributed by atoms with Crippen LogP contribution in [0.15, 0.2) is 31.0 Å². The normalized spacial score (nSPS) is 11.8. The van der Waals surface area contributed by atoms with Crippen LogP contribution in [0.5, 0.6) is 0 Å². The highest BCUT2D eigenvalue weighted by molar-refractivity contribution is 5.96. The Morgan fingerprint density at radius 2 is 2.21 bits per heavy atom. The summed E-state index contributed by atoms with van der Waals surface area (Å²) in [6, 6.07) is 0.415. The molecule has 3 N–H and O–H groups in total. The van der Waals surface area contributed by atoms with E-state index in [2.05, 4.69) is 25.5 Å². The summed E-state index contributed by atoms with van der Waals surface area (Å²) in [5, 5.41) is 18.6. The molecule has 1 unspecified atom stereocenters. The topological polar surface area (TPSA) is 121 Å². The minimum atomic E-state index is -1.12. The van der Waals surface area contributed by atoms with Gasteiger partial charge >= 0.3 is 5.97 Å². The molecule has 0 aromatic carbocycles. The van der Waals surface area contributed by atoms with Gasteiger partial charge in [-0.3, -0.25) is 4.79 Å². The summed E-state index contributed by atoms with van der Waals surface area (Å²) in [5.74, 6) is -1.63. The van der Waals surface area contributed by atoms with Crippen LogP contribution in [-0.2, 0) is 11.2 Å². The molecule has 98 valence electrons. The van der Waals surface area contributed by atoms with E-state index >= 15 is 0 Å². The summed E-state index contributed by atoms with van der Waals surface area (Å²) in [4.78, 5) is 29.5. The van der Waals surface area contributed by atoms with E-state index in [0.29, 0.717) is 5.69 Å². The van der Waals surface area contributed by atoms with Gasteiger partial charge < -0.3 is 15.4 Å². The summed E-state index contributed by atoms with van der Waals surface area (Å²) < 4.78 is 0. The number of hydrogen-bond acceptors (Lipinski definition) is 5. The van der Waals surface area contributed by atoms with Crippen LogP contribution >= 0.6 is 0 Å². The van der Waals surface area contributed by atoms with Gasteiger partial charge in [0, 0.05) is 18.3 Å². The summed E-state index contributed by atoms with van der Waals surface area (Å²) in [5.41, 5.74) is 0.881. The Hall–Kier alpha value is -2.77. The van der Waals surface area contributed by atoms with E-state index in [1.54, 1.807) is 0 Å². The number of aromatic nitrogens is 4. The first-order valence-corrected chi connectivity index (χ1v) is 5.44. The van der Waals surface area contributed by atoms with E-state index in [-0.39, 0.29) is 12.0 Å². The Kier molecular flexibility index (Phi) is 3.81. The molecule has 0 radical (unpaired) electrons. The third-order valence-electron chi connectivity index (χ3n) is 2.43. The Bertz CT molecular complexity index is 555. The van der Waals surface area contributed by atoms with Gasteiger partial charge in [0.25, 0.3) is 5.91 Å². The van der Waals surface area contributed by atoms with Gasteiger partial charge in [0.1, 0.15) is 6.04 Å². The largest absolute Gasteiger partial charge is 0.480 e. The molecule has 2 aromatic heterocycles. The van der Waals surface area contributed by atoms with Crippen LogP contribution < -0.4 is 5.32 Å². The zero-order valence-corrected chi connectivity index (χ0v) is 9.78. The van der Waals surface area contributed by atoms with Gasteiger partial charge in [-0.05, 0) is 6.07 Å². The number of aromatic amines is 1. The predicted octanol–water partition coefficient (Wildman–Crippen LogP) is -0.375. The lowest BCUT2D eigenvalue weighted by atomic mass is 10.1. The van der Waals surface area contributed by atoms with Crippen LogP contribution in [0, 0.1) is 0 Å². The molecule has 0 aliphatic rings. The molecule has 0 aliphatic carbocycles. The first-order valence-electron chi connectivity index (χ1n) is 5.44. The first kappa shape index (κ1) is 12.7. The van der Waals surface area contributed by atoms with E-state index in [9.17, 15) is 9.59 Å². The molecule has 0 aliphatic heterocycles. The lowest BCUT2D eigenvalue weighted by Gasteiger charge is -2.13. The quantitative estimate of drug-likeness (QED) is 0.675. The molecule has 8 nitrogen and oxygen atoms in total. The third-order valence-corrected chi connectivity index (χ3v) is 2.43. The zero-order chi connectivity index (χ0) is 13.7. The summed E-state index contributed by atoms with van der Waals surface area (Å²) in [7, 11) is 0. The molecule has 19 heavy (non-hydrogen) atoms. The highest BCUT2D eigenvalue weighted by atomic mass is 16.4. The Labute approximate surface area is 107 Å². The van der Waals surface area contributed by atoms with Gasteiger partial charge in [0.2, 0.25) is 0 Å². The van der Waals surface area contributed by atoms with Crippen LogP contribution in [0.4, 0.5) is 0 Å². The van der Waals surface area contributed by atoms with E-state index in [0.717, 1.165) is 0 Å². The van der Waals surface area contributed by atoms with Crippen LogP contribution in [0.1, 0.15) is 16.1 Å². The van der Waals surface area contributed by atoms with Crippen molar-refractivity contribution < 1.29 is 14.7 Å². The second-order valence-corrected chi connectivity index (χ2v) is 3.78. The monoisotopic (exact) mass is 261 g/mol. The Morgan fingerprint density at radius 1 is 1.37 bits per heavy atom. The summed E-state index contributed by atoms with van der Waals surface area (Å²) in [6.07, 6.45) is 5.71. The third kappa shape index (κ3) is 3.35. The van der Waals surface area contributed by atoms with Crippen molar-refractivity contribution in [3.63, 3.8) is 0 Å². The van der Waals surface area contributed by atoms with Gasteiger partial charge in [-0.15, -0.1) is 0 Å². The molecular formula is C11H11N5O3. The molecule has 0 saturated heterocycles. The maximum absolute atomic E-state index is 11.8. The standard InChI is InChI=1S/C11H11N5O3/c17-10(7-1-2-14-15-4-7)16-9(11(18)19)3-8-5-12-6-13-8/h1-2,4-6,9H,3H2,(H,12,13)(H,16,17)(H,18,19). The Morgan fingerprint density at radius 3 is 2.79 bits per heavy atom. The smallest absolute Gasteiger partial charge is 0.326 e. The number of nitrogens with zero attached hydrogens (tertiary/aromatic N) is 3. The minimum absolute atomic E-state index is 0.125. The molecule has 2 heterocycles. The second-order valence-electron chi connectivity index (χ2n) is 3.78. The maximum Gasteiger partial charge on any atom is 0.326 e. The summed E-state index contributed by atoms with van der Waals surface area (Å²) in [6.45, 7) is 0. The fraction of sp³-hybridized carbons (Fsp3) is 0.182. The Balaban J connectivity index is 2.05. The number of aliphatic carboxylic acids is 1. The number of amides is 1. The number of nitrogens with one attached hydrogen (secondary N) is 2. The molecule has 2 rings (SSSR count). The average molecular weight is 261 g/mol. The van der Waals surface area contributed by atoms with Crippen LogP contribution in [0.3, 0.4) is 0 Å². The van der Waals surface area contributed by atoms with E-state index in [1.807, 2.05) is 0 Å². The van der Waals surface area contributed by atoms with Crippen molar-refractivity contribution in [1.29, 1.82) is 0 Å². The number of carboxylic acid groups (broad SMARTS) is 1. The van der Waals surface area contributed by atoms with Gasteiger partial charge in [0.15, 0.2) is 0 Å². The van der Waals surface area contributed by atoms with Crippen molar-refractivity contribution >= 4 is 11.9 Å². The van der Waals surface area contributed by atoms with Crippen molar-refractivity contribution in [2.75, 3.05) is 0 Å². The highest BCUT2D eigenvalue weighted by Gasteiger charge is 2.21. The van der Waals surface area contributed by atoms with Crippen LogP contribution in [-0.4, -0.2) is 43.2 Å². The predicted molar refractivity (Wildman–Crippen MR) is 63.2 cm³/mol. The molecule has 1 atom stereocenters. The second kappa shape index (κ2) is 5.71. The number of carbonyl (C=O) groups excluding carboxylic acids is 1. The molecule has 8 heteroatoms. The fourth-order valence-corrected chi connectivity index (χ4v) is 1.48. The molecule has 0 fully saturated rings. The van der Waals surface area contributed by atoms with E-state index in [4.69, 9.17) is 5.11 Å². The van der Waals surface area contributed by atoms with Gasteiger partial charge in [-0.25, -0.2) is 9.78 Å². The highest BCUT2D eigenvalue weighted by Crippen LogP contribution is 2.01. The number of H-pyrrole nitrogens is 1. The van der Waals surface area contributed by atoms with Gasteiger partial charge in [-0.2, -0.15) is 10.2 Å². The lowest BCUT2D eigenvalue weighted by molar-refractivity contribution is -0.139. The zero-order valence-electron chi connectivity index (χ0n) is 9.78. The van der Waals surface area contributed by atoms with Crippen molar-refractivity contribution in [2.24, 2.45) is 0 Å². The van der Waals surface area contributed by atoms with Crippen LogP contribution in [0.2, 0.25) is 0 Å². The molecular weight excluding hydrogens is 250 g/mol. The maximum atomic E-state index is 11.8. The van der Waals surface area contributed by atoms with Gasteiger partial charge in [0.05, 0.1) is 24.3 Å². The molecule has 0 saturated carbocycles. The lowest BCUT2D eigenvalue weighted by Crippen LogP contribution is -2.42. The molecule has 2 aromatic rings. The van der Waals surface area contributed by atoms with Crippen molar-refractivity contribution in [3.05, 3.63) is 42.2 Å². The minimum Gasteiger partial charge on any atom is -0.480 e. The van der Waals surface area contributed by atoms with Crippen molar-refractivity contribution in [3.8, 4) is 0 Å². The number of carbonyl (C=O) groups is 2. The fourth-order valence-electron chi connectivity index (χ4n) is 1.48. The number of hydrogen-bond donors (Lipinski definition) is 3. The van der Waals surface area contributed by atoms with Crippen molar-refractivity contribution in [1.82, 2.24) is 25.5 Å². The molecule has 0 bridgehead atoms. The molecule has 1 amide bonds. The van der Waals surface area contributed by atoms with E-state index in [1.165, 1.54) is 31.0 Å². The number of carboxylic acids is 1.